The van der Waals surface area contributed by atoms with E-state index in [2.05, 4.69) is 34.5 Å². The van der Waals surface area contributed by atoms with Crippen LogP contribution in [0, 0.1) is 0 Å². The smallest absolute Gasteiger partial charge is 0.335 e. The predicted octanol–water partition coefficient (Wildman–Crippen LogP) is 5.87. The van der Waals surface area contributed by atoms with Gasteiger partial charge in [-0.15, -0.1) is 12.4 Å². The molecule has 2 aromatic rings. The molecule has 0 aromatic heterocycles. The maximum absolute atomic E-state index is 11.1. The predicted molar refractivity (Wildman–Crippen MR) is 158 cm³/mol. The van der Waals surface area contributed by atoms with Gasteiger partial charge in [-0.05, 0) is 61.2 Å². The van der Waals surface area contributed by atoms with Gasteiger partial charge in [0.2, 0.25) is 0 Å². The summed E-state index contributed by atoms with van der Waals surface area (Å²) in [7, 11) is 0. The molecule has 10 heteroatoms. The minimum absolute atomic E-state index is 0. The summed E-state index contributed by atoms with van der Waals surface area (Å²) < 4.78 is 5.87. The van der Waals surface area contributed by atoms with Crippen LogP contribution in [-0.2, 0) is 16.2 Å². The van der Waals surface area contributed by atoms with Gasteiger partial charge < -0.3 is 14.9 Å². The molecular weight excluding hydrogens is 546 g/mol. The maximum atomic E-state index is 11.1. The molecule has 2 saturated heterocycles. The number of benzene rings is 2. The molecule has 0 bridgehead atoms. The van der Waals surface area contributed by atoms with Crippen molar-refractivity contribution < 1.29 is 29.4 Å². The summed E-state index contributed by atoms with van der Waals surface area (Å²) in [5.41, 5.74) is 3.44. The fraction of sp³-hybridized carbons (Fsp3) is 0.581. The van der Waals surface area contributed by atoms with Crippen molar-refractivity contribution in [1.82, 2.24) is 15.4 Å². The molecule has 41 heavy (non-hydrogen) atoms. The molecular formula is C31H44ClN3O6. The Morgan fingerprint density at radius 1 is 1.00 bits per heavy atom. The number of hydrogen-bond donors (Lipinski definition) is 3. The van der Waals surface area contributed by atoms with E-state index >= 15 is 0 Å². The molecule has 0 radical (unpaired) electrons. The lowest BCUT2D eigenvalue weighted by Gasteiger charge is -2.52. The Bertz CT molecular complexity index is 1100. The molecule has 3 fully saturated rings. The van der Waals surface area contributed by atoms with E-state index < -0.39 is 17.3 Å². The highest BCUT2D eigenvalue weighted by Gasteiger charge is 2.48. The largest absolute Gasteiger partial charge is 0.478 e. The minimum atomic E-state index is -0.953. The Kier molecular flexibility index (Phi) is 11.0. The Morgan fingerprint density at radius 3 is 2.24 bits per heavy atom. The molecule has 226 valence electrons. The molecule has 1 aliphatic carbocycles. The number of hydrogen-bond acceptors (Lipinski definition) is 8. The minimum Gasteiger partial charge on any atom is -0.478 e. The van der Waals surface area contributed by atoms with Gasteiger partial charge in [0.25, 0.3) is 0 Å². The lowest BCUT2D eigenvalue weighted by Crippen LogP contribution is -2.66. The van der Waals surface area contributed by atoms with Crippen molar-refractivity contribution in [2.45, 2.75) is 95.2 Å². The van der Waals surface area contributed by atoms with E-state index in [1.165, 1.54) is 24.1 Å². The van der Waals surface area contributed by atoms with E-state index in [0.29, 0.717) is 17.9 Å². The van der Waals surface area contributed by atoms with Crippen LogP contribution in [0.25, 0.3) is 0 Å². The maximum Gasteiger partial charge on any atom is 0.335 e. The highest BCUT2D eigenvalue weighted by atomic mass is 35.5. The Morgan fingerprint density at radius 2 is 1.63 bits per heavy atom. The van der Waals surface area contributed by atoms with Crippen molar-refractivity contribution in [2.24, 2.45) is 0 Å². The molecule has 1 spiro atoms. The first-order valence-electron chi connectivity index (χ1n) is 14.8. The number of nitrogens with one attached hydrogen (secondary N) is 1. The van der Waals surface area contributed by atoms with Gasteiger partial charge in [-0.25, -0.2) is 4.79 Å². The van der Waals surface area contributed by atoms with E-state index in [1.807, 2.05) is 12.1 Å². The summed E-state index contributed by atoms with van der Waals surface area (Å²) in [4.78, 5) is 26.3. The van der Waals surface area contributed by atoms with Crippen LogP contribution in [0.1, 0.15) is 87.1 Å². The van der Waals surface area contributed by atoms with Crippen LogP contribution in [-0.4, -0.2) is 63.3 Å². The van der Waals surface area contributed by atoms with Gasteiger partial charge in [0.05, 0.1) is 11.2 Å². The van der Waals surface area contributed by atoms with Gasteiger partial charge in [-0.3, -0.25) is 14.6 Å². The molecule has 1 saturated carbocycles. The third-order valence-corrected chi connectivity index (χ3v) is 8.46. The lowest BCUT2D eigenvalue weighted by molar-refractivity contribution is -0.423. The van der Waals surface area contributed by atoms with Crippen LogP contribution in [0.2, 0.25) is 0 Å². The van der Waals surface area contributed by atoms with E-state index in [1.54, 1.807) is 12.1 Å². The van der Waals surface area contributed by atoms with E-state index in [-0.39, 0.29) is 24.2 Å². The van der Waals surface area contributed by atoms with E-state index in [4.69, 9.17) is 19.5 Å². The van der Waals surface area contributed by atoms with Crippen molar-refractivity contribution in [3.8, 4) is 11.5 Å². The van der Waals surface area contributed by atoms with Crippen molar-refractivity contribution in [1.29, 1.82) is 0 Å². The standard InChI is InChI=1S/C31H43N3O6.ClH/c1-2-3-19-34-31(40-32-28(39-34)22-30(37)15-5-4-6-16-30)17-20-33(21-18-31)23-24-7-11-26(12-8-24)38-27-13-9-25(10-14-27)29(35)36;/h7-14,28,32,37H,2-6,15-23H2,1H3,(H,35,36);1H/t28-;/m1./s1. The third-order valence-electron chi connectivity index (χ3n) is 8.46. The summed E-state index contributed by atoms with van der Waals surface area (Å²) in [5.74, 6) is 0.359. The number of aliphatic hydroxyl groups is 1. The molecule has 9 nitrogen and oxygen atoms in total. The first kappa shape index (κ1) is 31.7. The summed E-state index contributed by atoms with van der Waals surface area (Å²) in [6.45, 7) is 5.61. The number of hydroxylamine groups is 3. The topological polar surface area (TPSA) is 104 Å². The van der Waals surface area contributed by atoms with Gasteiger partial charge in [0.15, 0.2) is 12.0 Å². The number of carbonyl (C=O) groups is 1. The molecule has 5 rings (SSSR count). The van der Waals surface area contributed by atoms with E-state index in [0.717, 1.165) is 77.5 Å². The summed E-state index contributed by atoms with van der Waals surface area (Å²) in [6.07, 6.45) is 8.98. The first-order chi connectivity index (χ1) is 19.4. The third kappa shape index (κ3) is 8.20. The number of rotatable bonds is 10. The van der Waals surface area contributed by atoms with Gasteiger partial charge in [-0.1, -0.05) is 44.7 Å². The van der Waals surface area contributed by atoms with Crippen LogP contribution in [0.4, 0.5) is 0 Å². The second kappa shape index (κ2) is 14.3. The number of unbranched alkanes of at least 4 members (excludes halogenated alkanes) is 1. The molecule has 0 unspecified atom stereocenters. The fourth-order valence-electron chi connectivity index (χ4n) is 6.03. The van der Waals surface area contributed by atoms with Crippen LogP contribution < -0.4 is 10.2 Å². The zero-order valence-electron chi connectivity index (χ0n) is 23.9. The Hall–Kier alpha value is -2.24. The lowest BCUT2D eigenvalue weighted by atomic mass is 9.82. The second-order valence-corrected chi connectivity index (χ2v) is 11.6. The number of aromatic carboxylic acids is 1. The van der Waals surface area contributed by atoms with Crippen molar-refractivity contribution >= 4 is 18.4 Å². The van der Waals surface area contributed by atoms with Crippen LogP contribution >= 0.6 is 12.4 Å². The van der Waals surface area contributed by atoms with Gasteiger partial charge >= 0.3 is 5.97 Å². The van der Waals surface area contributed by atoms with E-state index in [9.17, 15) is 9.90 Å². The Labute approximate surface area is 249 Å². The number of carboxylic acid groups (broad SMARTS) is 1. The quantitative estimate of drug-likeness (QED) is 0.314. The monoisotopic (exact) mass is 589 g/mol. The average molecular weight is 590 g/mol. The second-order valence-electron chi connectivity index (χ2n) is 11.6. The van der Waals surface area contributed by atoms with Crippen LogP contribution in [0.3, 0.4) is 0 Å². The number of ether oxygens (including phenoxy) is 1. The Balaban J connectivity index is 0.00000387. The van der Waals surface area contributed by atoms with Crippen molar-refractivity contribution in [3.05, 3.63) is 59.7 Å². The molecule has 2 aliphatic heterocycles. The number of likely N-dealkylation sites (tertiary alicyclic amines) is 1. The highest BCUT2D eigenvalue weighted by Crippen LogP contribution is 2.37. The first-order valence-corrected chi connectivity index (χ1v) is 14.8. The highest BCUT2D eigenvalue weighted by molar-refractivity contribution is 5.87. The molecule has 1 atom stereocenters. The van der Waals surface area contributed by atoms with Gasteiger partial charge in [-0.2, -0.15) is 10.5 Å². The molecule has 3 N–H and O–H groups in total. The zero-order chi connectivity index (χ0) is 28.0. The fourth-order valence-corrected chi connectivity index (χ4v) is 6.03. The SMILES string of the molecule is CCCCN1O[C@H](CC2(O)CCCCC2)NOC12CCN(Cc1ccc(Oc3ccc(C(=O)O)cc3)cc1)CC2.Cl. The number of halogens is 1. The summed E-state index contributed by atoms with van der Waals surface area (Å²) in [5, 5.41) is 22.2. The normalized spacial score (nSPS) is 22.6. The average Bonchev–Trinajstić information content (AvgIpc) is 2.96. The number of piperidine rings is 1. The van der Waals surface area contributed by atoms with Crippen LogP contribution in [0.15, 0.2) is 48.5 Å². The molecule has 0 amide bonds. The zero-order valence-corrected chi connectivity index (χ0v) is 24.7. The number of nitrogens with zero attached hydrogens (tertiary/aromatic N) is 2. The summed E-state index contributed by atoms with van der Waals surface area (Å²) in [6, 6.07) is 14.4. The van der Waals surface area contributed by atoms with Crippen molar-refractivity contribution in [3.63, 3.8) is 0 Å². The van der Waals surface area contributed by atoms with Gasteiger partial charge in [0.1, 0.15) is 11.5 Å². The number of carboxylic acids is 1. The molecule has 2 heterocycles. The van der Waals surface area contributed by atoms with Gasteiger partial charge in [0, 0.05) is 45.4 Å². The van der Waals surface area contributed by atoms with Crippen molar-refractivity contribution in [2.75, 3.05) is 19.6 Å². The molecule has 2 aromatic carbocycles. The summed E-state index contributed by atoms with van der Waals surface area (Å²) >= 11 is 0. The van der Waals surface area contributed by atoms with Crippen LogP contribution in [0.5, 0.6) is 11.5 Å². The molecule has 3 aliphatic rings.